The van der Waals surface area contributed by atoms with Crippen LogP contribution in [-0.2, 0) is 0 Å². The van der Waals surface area contributed by atoms with Gasteiger partial charge in [0.25, 0.3) is 0 Å². The molecule has 0 saturated heterocycles. The number of aromatic nitrogens is 3. The topological polar surface area (TPSA) is 39.4 Å². The van der Waals surface area contributed by atoms with Crippen LogP contribution < -0.4 is 4.74 Å². The third-order valence-corrected chi connectivity index (χ3v) is 6.52. The first-order valence-corrected chi connectivity index (χ1v) is 8.80. The Labute approximate surface area is 140 Å². The van der Waals surface area contributed by atoms with Crippen molar-refractivity contribution in [2.24, 2.45) is 23.2 Å². The van der Waals surface area contributed by atoms with Crippen LogP contribution in [-0.4, -0.2) is 21.2 Å². The van der Waals surface area contributed by atoms with Gasteiger partial charge in [0.2, 0.25) is 0 Å². The van der Waals surface area contributed by atoms with E-state index in [-0.39, 0.29) is 0 Å². The first-order valence-electron chi connectivity index (χ1n) is 8.01. The lowest BCUT2D eigenvalue weighted by atomic mass is 9.59. The predicted molar refractivity (Wildman–Crippen MR) is 91.0 cm³/mol. The summed E-state index contributed by atoms with van der Waals surface area (Å²) < 4.78 is 8.95. The molecule has 0 aliphatic heterocycles. The number of pyridine rings is 1. The lowest BCUT2D eigenvalue weighted by molar-refractivity contribution is 0.0117. The molecule has 2 aromatic rings. The minimum Gasteiger partial charge on any atom is -0.492 e. The highest BCUT2D eigenvalue weighted by Gasteiger charge is 2.40. The molecule has 5 heteroatoms. The number of rotatable bonds is 3. The summed E-state index contributed by atoms with van der Waals surface area (Å²) in [6.07, 6.45) is 6.17. The summed E-state index contributed by atoms with van der Waals surface area (Å²) in [5.74, 6) is 2.89. The first kappa shape index (κ1) is 15.8. The van der Waals surface area contributed by atoms with Crippen molar-refractivity contribution >= 4 is 21.6 Å². The number of halogens is 1. The van der Waals surface area contributed by atoms with Crippen LogP contribution in [0.15, 0.2) is 23.1 Å². The zero-order valence-electron chi connectivity index (χ0n) is 13.7. The van der Waals surface area contributed by atoms with E-state index in [0.717, 1.165) is 28.4 Å². The van der Waals surface area contributed by atoms with E-state index < -0.39 is 0 Å². The van der Waals surface area contributed by atoms with Crippen LogP contribution in [0.4, 0.5) is 0 Å². The Bertz CT molecular complexity index is 667. The number of hydrogen-bond acceptors (Lipinski definition) is 3. The third kappa shape index (κ3) is 2.75. The molecular weight excluding hydrogens is 342 g/mol. The van der Waals surface area contributed by atoms with Crippen LogP contribution in [0.2, 0.25) is 0 Å². The van der Waals surface area contributed by atoms with Gasteiger partial charge in [-0.25, -0.2) is 0 Å². The van der Waals surface area contributed by atoms with Crippen LogP contribution in [0.1, 0.15) is 40.5 Å². The van der Waals surface area contributed by atoms with E-state index in [2.05, 4.69) is 53.8 Å². The zero-order chi connectivity index (χ0) is 15.9. The highest BCUT2D eigenvalue weighted by Crippen LogP contribution is 2.47. The van der Waals surface area contributed by atoms with Gasteiger partial charge in [0, 0.05) is 12.3 Å². The van der Waals surface area contributed by atoms with Gasteiger partial charge in [-0.05, 0) is 51.9 Å². The average Bonchev–Trinajstić information content (AvgIpc) is 2.91. The van der Waals surface area contributed by atoms with Crippen LogP contribution in [0.5, 0.6) is 5.75 Å². The molecule has 1 aliphatic rings. The quantitative estimate of drug-likeness (QED) is 0.798. The summed E-state index contributed by atoms with van der Waals surface area (Å²) in [4.78, 5) is 0. The lowest BCUT2D eigenvalue weighted by Crippen LogP contribution is -2.40. The largest absolute Gasteiger partial charge is 0.492 e. The van der Waals surface area contributed by atoms with Gasteiger partial charge < -0.3 is 4.74 Å². The van der Waals surface area contributed by atoms with Crippen molar-refractivity contribution in [3.63, 3.8) is 0 Å². The average molecular weight is 366 g/mol. The Morgan fingerprint density at radius 3 is 2.91 bits per heavy atom. The Hall–Kier alpha value is -1.10. The fourth-order valence-corrected chi connectivity index (χ4v) is 3.95. The van der Waals surface area contributed by atoms with Crippen LogP contribution in [0, 0.1) is 23.2 Å². The molecular formula is C17H24BrN3O. The van der Waals surface area contributed by atoms with Crippen molar-refractivity contribution in [3.05, 3.63) is 23.1 Å². The maximum absolute atomic E-state index is 6.12. The van der Waals surface area contributed by atoms with Crippen molar-refractivity contribution in [3.8, 4) is 5.75 Å². The van der Waals surface area contributed by atoms with E-state index in [1.54, 1.807) is 6.33 Å². The summed E-state index contributed by atoms with van der Waals surface area (Å²) in [7, 11) is 0. The maximum Gasteiger partial charge on any atom is 0.164 e. The SMILES string of the molecule is C[C@@H]1CC[C@H](COc2cc3nncn3cc2Br)[C@H](C)C1(C)C. The molecule has 1 aliphatic carbocycles. The monoisotopic (exact) mass is 365 g/mol. The van der Waals surface area contributed by atoms with Gasteiger partial charge in [-0.3, -0.25) is 4.40 Å². The van der Waals surface area contributed by atoms with Crippen molar-refractivity contribution in [2.75, 3.05) is 6.61 Å². The van der Waals surface area contributed by atoms with Crippen LogP contribution in [0.3, 0.4) is 0 Å². The maximum atomic E-state index is 6.12. The highest BCUT2D eigenvalue weighted by molar-refractivity contribution is 9.10. The van der Waals surface area contributed by atoms with Crippen LogP contribution >= 0.6 is 15.9 Å². The fraction of sp³-hybridized carbons (Fsp3) is 0.647. The smallest absolute Gasteiger partial charge is 0.164 e. The van der Waals surface area contributed by atoms with Gasteiger partial charge >= 0.3 is 0 Å². The molecule has 4 nitrogen and oxygen atoms in total. The number of fused-ring (bicyclic) bond motifs is 1. The van der Waals surface area contributed by atoms with Gasteiger partial charge in [0.05, 0.1) is 11.1 Å². The van der Waals surface area contributed by atoms with Crippen molar-refractivity contribution < 1.29 is 4.74 Å². The second-order valence-electron chi connectivity index (χ2n) is 7.24. The number of hydrogen-bond donors (Lipinski definition) is 0. The van der Waals surface area contributed by atoms with E-state index in [1.807, 2.05) is 16.7 Å². The molecule has 22 heavy (non-hydrogen) atoms. The first-order chi connectivity index (χ1) is 10.4. The summed E-state index contributed by atoms with van der Waals surface area (Å²) in [5, 5.41) is 7.98. The predicted octanol–water partition coefficient (Wildman–Crippen LogP) is 4.58. The molecule has 0 spiro atoms. The summed E-state index contributed by atoms with van der Waals surface area (Å²) in [6.45, 7) is 10.3. The molecule has 2 heterocycles. The normalized spacial score (nSPS) is 28.0. The Kier molecular flexibility index (Phi) is 4.19. The van der Waals surface area contributed by atoms with Gasteiger partial charge in [-0.15, -0.1) is 10.2 Å². The van der Waals surface area contributed by atoms with Crippen molar-refractivity contribution in [2.45, 2.75) is 40.5 Å². The molecule has 0 amide bonds. The number of nitrogens with zero attached hydrogens (tertiary/aromatic N) is 3. The number of ether oxygens (including phenoxy) is 1. The minimum absolute atomic E-state index is 0.375. The van der Waals surface area contributed by atoms with E-state index in [9.17, 15) is 0 Å². The molecule has 0 radical (unpaired) electrons. The lowest BCUT2D eigenvalue weighted by Gasteiger charge is -2.46. The molecule has 0 unspecified atom stereocenters. The van der Waals surface area contributed by atoms with Crippen molar-refractivity contribution in [1.82, 2.24) is 14.6 Å². The van der Waals surface area contributed by atoms with Crippen molar-refractivity contribution in [1.29, 1.82) is 0 Å². The van der Waals surface area contributed by atoms with E-state index in [1.165, 1.54) is 12.8 Å². The molecule has 3 atom stereocenters. The Balaban J connectivity index is 1.72. The molecule has 1 fully saturated rings. The molecule has 0 N–H and O–H groups in total. The second-order valence-corrected chi connectivity index (χ2v) is 8.10. The molecule has 1 saturated carbocycles. The fourth-order valence-electron chi connectivity index (χ4n) is 3.50. The highest BCUT2D eigenvalue weighted by atomic mass is 79.9. The van der Waals surface area contributed by atoms with E-state index >= 15 is 0 Å². The Morgan fingerprint density at radius 1 is 1.36 bits per heavy atom. The second kappa shape index (κ2) is 5.84. The molecule has 0 bridgehead atoms. The van der Waals surface area contributed by atoms with E-state index in [4.69, 9.17) is 4.74 Å². The third-order valence-electron chi connectivity index (χ3n) is 5.92. The minimum atomic E-state index is 0.375. The van der Waals surface area contributed by atoms with Gasteiger partial charge in [-0.2, -0.15) is 0 Å². The summed E-state index contributed by atoms with van der Waals surface area (Å²) >= 11 is 3.57. The Morgan fingerprint density at radius 2 is 2.14 bits per heavy atom. The van der Waals surface area contributed by atoms with Gasteiger partial charge in [0.1, 0.15) is 12.1 Å². The molecule has 0 aromatic carbocycles. The molecule has 2 aromatic heterocycles. The molecule has 3 rings (SSSR count). The summed E-state index contributed by atoms with van der Waals surface area (Å²) in [6, 6.07) is 1.94. The van der Waals surface area contributed by atoms with E-state index in [0.29, 0.717) is 17.3 Å². The van der Waals surface area contributed by atoms with Gasteiger partial charge in [-0.1, -0.05) is 27.7 Å². The molecule has 120 valence electrons. The standard InChI is InChI=1S/C17H24BrN3O/c1-11-5-6-13(12(2)17(11,3)4)9-22-15-7-16-20-19-10-21(16)8-14(15)18/h7-8,10-13H,5-6,9H2,1-4H3/t11-,12+,13-/m1/s1. The van der Waals surface area contributed by atoms with Gasteiger partial charge in [0.15, 0.2) is 5.65 Å². The zero-order valence-corrected chi connectivity index (χ0v) is 15.3. The summed E-state index contributed by atoms with van der Waals surface area (Å²) in [5.41, 5.74) is 1.18. The van der Waals surface area contributed by atoms with Crippen LogP contribution in [0.25, 0.3) is 5.65 Å².